The normalized spacial score (nSPS) is 15.0. The second kappa shape index (κ2) is 11.9. The average Bonchev–Trinajstić information content (AvgIpc) is 2.79. The molecule has 6 heteroatoms. The zero-order valence-corrected chi connectivity index (χ0v) is 18.0. The van der Waals surface area contributed by atoms with Gasteiger partial charge in [-0.3, -0.25) is 14.5 Å². The first-order chi connectivity index (χ1) is 15.1. The van der Waals surface area contributed by atoms with E-state index < -0.39 is 0 Å². The fourth-order valence-electron chi connectivity index (χ4n) is 3.48. The van der Waals surface area contributed by atoms with Crippen LogP contribution in [0, 0.1) is 0 Å². The smallest absolute Gasteiger partial charge is 0.244 e. The quantitative estimate of drug-likeness (QED) is 0.606. The highest BCUT2D eigenvalue weighted by Crippen LogP contribution is 2.14. The van der Waals surface area contributed by atoms with Crippen molar-refractivity contribution in [2.75, 3.05) is 31.6 Å². The fraction of sp³-hybridized carbons (Fsp3) is 0.360. The number of hydrogen-bond acceptors (Lipinski definition) is 4. The van der Waals surface area contributed by atoms with E-state index in [1.165, 1.54) is 0 Å². The van der Waals surface area contributed by atoms with Crippen molar-refractivity contribution >= 4 is 23.6 Å². The van der Waals surface area contributed by atoms with Gasteiger partial charge in [0.25, 0.3) is 0 Å². The van der Waals surface area contributed by atoms with Crippen LogP contribution in [0.4, 0.5) is 5.69 Å². The Balaban J connectivity index is 1.36. The Hall–Kier alpha value is -3.12. The molecule has 6 nitrogen and oxygen atoms in total. The zero-order valence-electron chi connectivity index (χ0n) is 18.0. The Morgan fingerprint density at radius 2 is 1.77 bits per heavy atom. The van der Waals surface area contributed by atoms with Gasteiger partial charge in [-0.15, -0.1) is 0 Å². The lowest BCUT2D eigenvalue weighted by Crippen LogP contribution is -2.46. The van der Waals surface area contributed by atoms with Gasteiger partial charge in [-0.05, 0) is 55.2 Å². The molecule has 0 unspecified atom stereocenters. The van der Waals surface area contributed by atoms with Gasteiger partial charge in [-0.1, -0.05) is 37.3 Å². The molecule has 1 saturated heterocycles. The summed E-state index contributed by atoms with van der Waals surface area (Å²) in [6, 6.07) is 17.3. The third kappa shape index (κ3) is 7.90. The Kier molecular flexibility index (Phi) is 8.67. The predicted molar refractivity (Wildman–Crippen MR) is 124 cm³/mol. The van der Waals surface area contributed by atoms with E-state index in [0.717, 1.165) is 49.4 Å². The van der Waals surface area contributed by atoms with Crippen LogP contribution in [-0.4, -0.2) is 49.0 Å². The number of nitrogens with zero attached hydrogens (tertiary/aromatic N) is 1. The zero-order chi connectivity index (χ0) is 21.9. The van der Waals surface area contributed by atoms with Crippen molar-refractivity contribution in [2.24, 2.45) is 0 Å². The van der Waals surface area contributed by atoms with Gasteiger partial charge >= 0.3 is 0 Å². The molecule has 2 N–H and O–H groups in total. The van der Waals surface area contributed by atoms with E-state index in [-0.39, 0.29) is 17.9 Å². The summed E-state index contributed by atoms with van der Waals surface area (Å²) in [5.41, 5.74) is 1.77. The maximum Gasteiger partial charge on any atom is 0.244 e. The SMILES string of the molecule is CCCOc1ccc(/C=C/C(=O)NC2CCN(CC(=O)Nc3ccccc3)CC2)cc1. The van der Waals surface area contributed by atoms with E-state index >= 15 is 0 Å². The van der Waals surface area contributed by atoms with Crippen molar-refractivity contribution in [3.05, 3.63) is 66.2 Å². The summed E-state index contributed by atoms with van der Waals surface area (Å²) in [6.45, 7) is 4.72. The number of benzene rings is 2. The number of piperidine rings is 1. The first-order valence-corrected chi connectivity index (χ1v) is 10.9. The number of hydrogen-bond donors (Lipinski definition) is 2. The van der Waals surface area contributed by atoms with Gasteiger partial charge in [0.15, 0.2) is 0 Å². The predicted octanol–water partition coefficient (Wildman–Crippen LogP) is 3.71. The molecule has 164 valence electrons. The number of nitrogens with one attached hydrogen (secondary N) is 2. The Bertz CT molecular complexity index is 857. The van der Waals surface area contributed by atoms with Crippen LogP contribution in [0.25, 0.3) is 6.08 Å². The molecule has 1 fully saturated rings. The molecule has 2 aromatic rings. The molecule has 3 rings (SSSR count). The highest BCUT2D eigenvalue weighted by molar-refractivity contribution is 5.92. The molecule has 1 aliphatic heterocycles. The van der Waals surface area contributed by atoms with E-state index in [1.807, 2.05) is 60.7 Å². The Morgan fingerprint density at radius 1 is 1.06 bits per heavy atom. The van der Waals surface area contributed by atoms with Crippen LogP contribution in [0.15, 0.2) is 60.7 Å². The summed E-state index contributed by atoms with van der Waals surface area (Å²) in [7, 11) is 0. The Labute approximate surface area is 184 Å². The van der Waals surface area contributed by atoms with Gasteiger partial charge < -0.3 is 15.4 Å². The highest BCUT2D eigenvalue weighted by Gasteiger charge is 2.21. The molecule has 0 aromatic heterocycles. The molecule has 1 heterocycles. The second-order valence-corrected chi connectivity index (χ2v) is 7.72. The summed E-state index contributed by atoms with van der Waals surface area (Å²) >= 11 is 0. The average molecular weight is 422 g/mol. The van der Waals surface area contributed by atoms with Gasteiger partial charge in [0, 0.05) is 30.9 Å². The van der Waals surface area contributed by atoms with E-state index in [2.05, 4.69) is 22.5 Å². The first-order valence-electron chi connectivity index (χ1n) is 10.9. The molecular weight excluding hydrogens is 390 g/mol. The molecule has 0 radical (unpaired) electrons. The van der Waals surface area contributed by atoms with E-state index in [4.69, 9.17) is 4.74 Å². The number of carbonyl (C=O) groups is 2. The summed E-state index contributed by atoms with van der Waals surface area (Å²) in [4.78, 5) is 26.6. The van der Waals surface area contributed by atoms with Crippen LogP contribution >= 0.6 is 0 Å². The van der Waals surface area contributed by atoms with Gasteiger partial charge in [0.2, 0.25) is 11.8 Å². The number of para-hydroxylation sites is 1. The lowest BCUT2D eigenvalue weighted by Gasteiger charge is -2.31. The molecule has 2 amide bonds. The number of rotatable bonds is 9. The number of ether oxygens (including phenoxy) is 1. The summed E-state index contributed by atoms with van der Waals surface area (Å²) < 4.78 is 5.57. The van der Waals surface area contributed by atoms with Crippen LogP contribution < -0.4 is 15.4 Å². The topological polar surface area (TPSA) is 70.7 Å². The summed E-state index contributed by atoms with van der Waals surface area (Å²) in [6.07, 6.45) is 6.02. The van der Waals surface area contributed by atoms with E-state index in [1.54, 1.807) is 6.08 Å². The minimum Gasteiger partial charge on any atom is -0.494 e. The van der Waals surface area contributed by atoms with Gasteiger partial charge in [0.05, 0.1) is 13.2 Å². The highest BCUT2D eigenvalue weighted by atomic mass is 16.5. The molecule has 0 bridgehead atoms. The largest absolute Gasteiger partial charge is 0.494 e. The third-order valence-corrected chi connectivity index (χ3v) is 5.14. The molecule has 2 aromatic carbocycles. The van der Waals surface area contributed by atoms with Crippen molar-refractivity contribution in [3.8, 4) is 5.75 Å². The minimum atomic E-state index is -0.0911. The van der Waals surface area contributed by atoms with Crippen LogP contribution in [0.2, 0.25) is 0 Å². The molecule has 0 spiro atoms. The molecule has 31 heavy (non-hydrogen) atoms. The van der Waals surface area contributed by atoms with Crippen LogP contribution in [-0.2, 0) is 9.59 Å². The fourth-order valence-corrected chi connectivity index (χ4v) is 3.48. The monoisotopic (exact) mass is 421 g/mol. The standard InChI is InChI=1S/C25H31N3O3/c1-2-18-31-23-11-8-20(9-12-23)10-13-24(29)26-22-14-16-28(17-15-22)19-25(30)27-21-6-4-3-5-7-21/h3-13,22H,2,14-19H2,1H3,(H,26,29)(H,27,30)/b13-10+. The lowest BCUT2D eigenvalue weighted by molar-refractivity contribution is -0.119. The Morgan fingerprint density at radius 3 is 2.45 bits per heavy atom. The van der Waals surface area contributed by atoms with Crippen LogP contribution in [0.5, 0.6) is 5.75 Å². The molecule has 0 atom stereocenters. The van der Waals surface area contributed by atoms with Gasteiger partial charge in [-0.2, -0.15) is 0 Å². The van der Waals surface area contributed by atoms with Crippen LogP contribution in [0.3, 0.4) is 0 Å². The van der Waals surface area contributed by atoms with E-state index in [0.29, 0.717) is 13.2 Å². The number of anilines is 1. The van der Waals surface area contributed by atoms with Crippen molar-refractivity contribution in [1.29, 1.82) is 0 Å². The summed E-state index contributed by atoms with van der Waals surface area (Å²) in [5, 5.41) is 5.98. The molecule has 0 saturated carbocycles. The molecule has 0 aliphatic carbocycles. The summed E-state index contributed by atoms with van der Waals surface area (Å²) in [5.74, 6) is 0.738. The maximum absolute atomic E-state index is 12.3. The van der Waals surface area contributed by atoms with Gasteiger partial charge in [-0.25, -0.2) is 0 Å². The van der Waals surface area contributed by atoms with Crippen molar-refractivity contribution in [3.63, 3.8) is 0 Å². The van der Waals surface area contributed by atoms with Crippen molar-refractivity contribution < 1.29 is 14.3 Å². The molecule has 1 aliphatic rings. The number of likely N-dealkylation sites (tertiary alicyclic amines) is 1. The first kappa shape index (κ1) is 22.6. The number of amides is 2. The second-order valence-electron chi connectivity index (χ2n) is 7.72. The molecular formula is C25H31N3O3. The maximum atomic E-state index is 12.3. The van der Waals surface area contributed by atoms with Crippen LogP contribution in [0.1, 0.15) is 31.7 Å². The van der Waals surface area contributed by atoms with Crippen molar-refractivity contribution in [1.82, 2.24) is 10.2 Å². The van der Waals surface area contributed by atoms with Gasteiger partial charge in [0.1, 0.15) is 5.75 Å². The van der Waals surface area contributed by atoms with E-state index in [9.17, 15) is 9.59 Å². The minimum absolute atomic E-state index is 0.0114. The number of carbonyl (C=O) groups excluding carboxylic acids is 2. The lowest BCUT2D eigenvalue weighted by atomic mass is 10.0. The third-order valence-electron chi connectivity index (χ3n) is 5.14. The van der Waals surface area contributed by atoms with Crippen molar-refractivity contribution in [2.45, 2.75) is 32.2 Å².